The Morgan fingerprint density at radius 2 is 2.00 bits per heavy atom. The van der Waals surface area contributed by atoms with Gasteiger partial charge >= 0.3 is 0 Å². The van der Waals surface area contributed by atoms with Crippen LogP contribution in [0.25, 0.3) is 11.5 Å². The van der Waals surface area contributed by atoms with Gasteiger partial charge in [0.2, 0.25) is 5.91 Å². The topological polar surface area (TPSA) is 68.5 Å². The summed E-state index contributed by atoms with van der Waals surface area (Å²) in [6, 6.07) is 7.52. The Kier molecular flexibility index (Phi) is 6.25. The molecule has 1 amide bonds. The van der Waals surface area contributed by atoms with Crippen LogP contribution in [0.1, 0.15) is 20.8 Å². The number of hydrogen-bond acceptors (Lipinski definition) is 6. The first-order valence-corrected chi connectivity index (χ1v) is 8.75. The first-order valence-electron chi connectivity index (χ1n) is 7.87. The van der Waals surface area contributed by atoms with Gasteiger partial charge in [0.15, 0.2) is 0 Å². The highest BCUT2D eigenvalue weighted by Crippen LogP contribution is 2.33. The van der Waals surface area contributed by atoms with Crippen LogP contribution in [0.15, 0.2) is 33.9 Å². The van der Waals surface area contributed by atoms with E-state index in [4.69, 9.17) is 9.15 Å². The van der Waals surface area contributed by atoms with Gasteiger partial charge in [-0.3, -0.25) is 4.79 Å². The fourth-order valence-electron chi connectivity index (χ4n) is 2.13. The number of ether oxygens (including phenoxy) is 1. The number of nitrogens with zero attached hydrogens (tertiary/aromatic N) is 3. The minimum absolute atomic E-state index is 0.0319. The van der Waals surface area contributed by atoms with Crippen molar-refractivity contribution in [1.82, 2.24) is 15.1 Å². The van der Waals surface area contributed by atoms with Crippen LogP contribution < -0.4 is 4.74 Å². The van der Waals surface area contributed by atoms with Crippen molar-refractivity contribution >= 4 is 17.7 Å². The summed E-state index contributed by atoms with van der Waals surface area (Å²) in [5.74, 6) is 1.27. The van der Waals surface area contributed by atoms with Crippen molar-refractivity contribution in [3.63, 3.8) is 0 Å². The Labute approximate surface area is 146 Å². The molecule has 2 rings (SSSR count). The van der Waals surface area contributed by atoms with Crippen molar-refractivity contribution in [2.75, 3.05) is 20.7 Å². The first-order chi connectivity index (χ1) is 11.4. The second-order valence-corrected chi connectivity index (χ2v) is 6.91. The van der Waals surface area contributed by atoms with Crippen molar-refractivity contribution in [3.05, 3.63) is 24.3 Å². The third-order valence-corrected chi connectivity index (χ3v) is 4.71. The zero-order valence-electron chi connectivity index (χ0n) is 14.6. The summed E-state index contributed by atoms with van der Waals surface area (Å²) in [5.41, 5.74) is 0.749. The van der Waals surface area contributed by atoms with E-state index < -0.39 is 0 Å². The maximum absolute atomic E-state index is 12.3. The van der Waals surface area contributed by atoms with Gasteiger partial charge in [0.25, 0.3) is 11.1 Å². The predicted octanol–water partition coefficient (Wildman–Crippen LogP) is 3.34. The second-order valence-electron chi connectivity index (χ2n) is 5.82. The fourth-order valence-corrected chi connectivity index (χ4v) is 3.14. The largest absolute Gasteiger partial charge is 0.493 e. The van der Waals surface area contributed by atoms with E-state index in [0.717, 1.165) is 5.56 Å². The molecule has 1 atom stereocenters. The third kappa shape index (κ3) is 4.29. The molecule has 0 unspecified atom stereocenters. The van der Waals surface area contributed by atoms with Crippen molar-refractivity contribution < 1.29 is 13.9 Å². The summed E-state index contributed by atoms with van der Waals surface area (Å²) in [6.07, 6.45) is 0. The minimum Gasteiger partial charge on any atom is -0.493 e. The van der Waals surface area contributed by atoms with E-state index in [1.54, 1.807) is 19.0 Å². The average molecular weight is 349 g/mol. The molecule has 0 aliphatic carbocycles. The molecule has 0 saturated carbocycles. The summed E-state index contributed by atoms with van der Waals surface area (Å²) in [4.78, 5) is 13.9. The number of aromatic nitrogens is 2. The average Bonchev–Trinajstić information content (AvgIpc) is 3.01. The first kappa shape index (κ1) is 18.3. The van der Waals surface area contributed by atoms with E-state index in [0.29, 0.717) is 23.5 Å². The maximum Gasteiger partial charge on any atom is 0.277 e. The quantitative estimate of drug-likeness (QED) is 0.714. The van der Waals surface area contributed by atoms with Crippen LogP contribution in [0.2, 0.25) is 0 Å². The van der Waals surface area contributed by atoms with E-state index >= 15 is 0 Å². The monoisotopic (exact) mass is 349 g/mol. The van der Waals surface area contributed by atoms with E-state index in [-0.39, 0.29) is 17.1 Å². The highest BCUT2D eigenvalue weighted by Gasteiger charge is 2.27. The summed E-state index contributed by atoms with van der Waals surface area (Å²) < 4.78 is 11.4. The Morgan fingerprint density at radius 3 is 2.62 bits per heavy atom. The van der Waals surface area contributed by atoms with Crippen LogP contribution in [0.3, 0.4) is 0 Å². The summed E-state index contributed by atoms with van der Waals surface area (Å²) in [7, 11) is 3.49. The van der Waals surface area contributed by atoms with Gasteiger partial charge in [-0.1, -0.05) is 37.7 Å². The van der Waals surface area contributed by atoms with Crippen LogP contribution in [0.5, 0.6) is 5.75 Å². The van der Waals surface area contributed by atoms with Gasteiger partial charge in [0, 0.05) is 14.1 Å². The lowest BCUT2D eigenvalue weighted by atomic mass is 10.1. The summed E-state index contributed by atoms with van der Waals surface area (Å²) >= 11 is 1.30. The summed E-state index contributed by atoms with van der Waals surface area (Å²) in [5, 5.41) is 8.29. The molecule has 24 heavy (non-hydrogen) atoms. The predicted molar refractivity (Wildman–Crippen MR) is 94.1 cm³/mol. The number of carbonyl (C=O) groups excluding carboxylic acids is 1. The zero-order chi connectivity index (χ0) is 17.7. The molecule has 6 nitrogen and oxygen atoms in total. The molecule has 7 heteroatoms. The highest BCUT2D eigenvalue weighted by molar-refractivity contribution is 8.00. The standard InChI is InChI=1S/C17H23N3O3S/c1-6-22-13-10-8-7-9-12(13)15-18-19-17(23-15)24-14(11(2)3)16(21)20(4)5/h7-11,14H,6H2,1-5H3/t14-/m1/s1. The zero-order valence-corrected chi connectivity index (χ0v) is 15.5. The Hall–Kier alpha value is -2.02. The number of para-hydroxylation sites is 1. The lowest BCUT2D eigenvalue weighted by molar-refractivity contribution is -0.128. The lowest BCUT2D eigenvalue weighted by Gasteiger charge is -2.21. The third-order valence-electron chi connectivity index (χ3n) is 3.34. The van der Waals surface area contributed by atoms with E-state index in [1.165, 1.54) is 11.8 Å². The Bertz CT molecular complexity index is 685. The number of rotatable bonds is 7. The van der Waals surface area contributed by atoms with Crippen LogP contribution in [0, 0.1) is 5.92 Å². The number of thioether (sulfide) groups is 1. The molecule has 0 saturated heterocycles. The summed E-state index contributed by atoms with van der Waals surface area (Å²) in [6.45, 7) is 6.48. The molecule has 0 bridgehead atoms. The SMILES string of the molecule is CCOc1ccccc1-c1nnc(S[C@@H](C(=O)N(C)C)C(C)C)o1. The van der Waals surface area contributed by atoms with E-state index in [2.05, 4.69) is 10.2 Å². The van der Waals surface area contributed by atoms with Crippen LogP contribution in [0.4, 0.5) is 0 Å². The minimum atomic E-state index is -0.268. The Balaban J connectivity index is 2.23. The molecular formula is C17H23N3O3S. The number of carbonyl (C=O) groups is 1. The molecule has 0 aliphatic rings. The molecule has 0 fully saturated rings. The van der Waals surface area contributed by atoms with Gasteiger partial charge in [-0.2, -0.15) is 0 Å². The maximum atomic E-state index is 12.3. The number of hydrogen-bond donors (Lipinski definition) is 0. The molecular weight excluding hydrogens is 326 g/mol. The van der Waals surface area contributed by atoms with Crippen molar-refractivity contribution in [2.45, 2.75) is 31.2 Å². The highest BCUT2D eigenvalue weighted by atomic mass is 32.2. The molecule has 0 spiro atoms. The molecule has 1 aromatic heterocycles. The van der Waals surface area contributed by atoms with Crippen LogP contribution >= 0.6 is 11.8 Å². The van der Waals surface area contributed by atoms with Gasteiger partial charge in [-0.25, -0.2) is 0 Å². The normalized spacial score (nSPS) is 12.2. The van der Waals surface area contributed by atoms with E-state index in [9.17, 15) is 4.79 Å². The molecule has 2 aromatic rings. The van der Waals surface area contributed by atoms with Gasteiger partial charge in [0.1, 0.15) is 5.75 Å². The van der Waals surface area contributed by atoms with Crippen molar-refractivity contribution in [1.29, 1.82) is 0 Å². The van der Waals surface area contributed by atoms with Crippen molar-refractivity contribution in [3.8, 4) is 17.2 Å². The second kappa shape index (κ2) is 8.19. The molecule has 0 aliphatic heterocycles. The van der Waals surface area contributed by atoms with Gasteiger partial charge in [0.05, 0.1) is 17.4 Å². The smallest absolute Gasteiger partial charge is 0.277 e. The molecule has 1 aromatic carbocycles. The fraction of sp³-hybridized carbons (Fsp3) is 0.471. The van der Waals surface area contributed by atoms with E-state index in [1.807, 2.05) is 45.0 Å². The Morgan fingerprint density at radius 1 is 1.29 bits per heavy atom. The lowest BCUT2D eigenvalue weighted by Crippen LogP contribution is -2.34. The van der Waals surface area contributed by atoms with Gasteiger partial charge in [-0.05, 0) is 25.0 Å². The number of benzene rings is 1. The van der Waals surface area contributed by atoms with Crippen molar-refractivity contribution in [2.24, 2.45) is 5.92 Å². The molecule has 0 radical (unpaired) electrons. The van der Waals surface area contributed by atoms with Crippen LogP contribution in [-0.4, -0.2) is 47.0 Å². The van der Waals surface area contributed by atoms with Crippen LogP contribution in [-0.2, 0) is 4.79 Å². The van der Waals surface area contributed by atoms with Gasteiger partial charge < -0.3 is 14.1 Å². The van der Waals surface area contributed by atoms with Gasteiger partial charge in [-0.15, -0.1) is 10.2 Å². The number of amides is 1. The molecule has 1 heterocycles. The molecule has 130 valence electrons. The molecule has 0 N–H and O–H groups in total.